The number of carbonyl (C=O) groups is 1. The van der Waals surface area contributed by atoms with Crippen LogP contribution in [0.15, 0.2) is 30.3 Å². The van der Waals surface area contributed by atoms with Crippen molar-refractivity contribution in [2.45, 2.75) is 82.6 Å². The highest BCUT2D eigenvalue weighted by atomic mass is 16.3. The molecular formula is C28H46N4O2. The summed E-state index contributed by atoms with van der Waals surface area (Å²) in [6.45, 7) is 8.14. The van der Waals surface area contributed by atoms with Crippen LogP contribution >= 0.6 is 0 Å². The minimum atomic E-state index is -0.581. The van der Waals surface area contributed by atoms with Crippen LogP contribution < -0.4 is 5.32 Å². The van der Waals surface area contributed by atoms with Gasteiger partial charge in [0.15, 0.2) is 6.35 Å². The Morgan fingerprint density at radius 3 is 2.41 bits per heavy atom. The van der Waals surface area contributed by atoms with Crippen molar-refractivity contribution in [2.75, 3.05) is 40.3 Å². The van der Waals surface area contributed by atoms with E-state index in [1.807, 2.05) is 0 Å². The Bertz CT molecular complexity index is 802. The fraction of sp³-hybridized carbons (Fsp3) is 0.750. The fourth-order valence-corrected chi connectivity index (χ4v) is 6.73. The molecule has 1 spiro atoms. The molecule has 6 nitrogen and oxygen atoms in total. The van der Waals surface area contributed by atoms with Crippen LogP contribution in [0.5, 0.6) is 0 Å². The topological polar surface area (TPSA) is 59.1 Å². The van der Waals surface area contributed by atoms with Gasteiger partial charge in [0.05, 0.1) is 0 Å². The zero-order valence-electron chi connectivity index (χ0n) is 21.8. The van der Waals surface area contributed by atoms with Gasteiger partial charge in [-0.15, -0.1) is 0 Å². The van der Waals surface area contributed by atoms with Crippen molar-refractivity contribution in [3.05, 3.63) is 35.9 Å². The maximum Gasteiger partial charge on any atom is 0.221 e. The Morgan fingerprint density at radius 1 is 1.18 bits per heavy atom. The molecule has 1 saturated heterocycles. The maximum atomic E-state index is 11.9. The van der Waals surface area contributed by atoms with E-state index in [4.69, 9.17) is 0 Å². The van der Waals surface area contributed by atoms with E-state index in [9.17, 15) is 9.90 Å². The molecule has 0 radical (unpaired) electrons. The number of benzene rings is 1. The van der Waals surface area contributed by atoms with Gasteiger partial charge in [-0.2, -0.15) is 0 Å². The van der Waals surface area contributed by atoms with Crippen LogP contribution in [0.25, 0.3) is 0 Å². The lowest BCUT2D eigenvalue weighted by Gasteiger charge is -2.53. The van der Waals surface area contributed by atoms with Gasteiger partial charge in [0.2, 0.25) is 5.91 Å². The summed E-state index contributed by atoms with van der Waals surface area (Å²) in [4.78, 5) is 19.1. The molecule has 1 atom stereocenters. The van der Waals surface area contributed by atoms with E-state index in [0.29, 0.717) is 24.8 Å². The van der Waals surface area contributed by atoms with Crippen molar-refractivity contribution in [1.29, 1.82) is 0 Å². The van der Waals surface area contributed by atoms with E-state index in [-0.39, 0.29) is 17.0 Å². The molecule has 0 aromatic heterocycles. The minimum Gasteiger partial charge on any atom is -0.365 e. The first-order chi connectivity index (χ1) is 16.3. The quantitative estimate of drug-likeness (QED) is 0.577. The Kier molecular flexibility index (Phi) is 8.02. The summed E-state index contributed by atoms with van der Waals surface area (Å²) in [7, 11) is 3.99. The normalized spacial score (nSPS) is 30.9. The third kappa shape index (κ3) is 5.06. The van der Waals surface area contributed by atoms with Gasteiger partial charge < -0.3 is 10.4 Å². The number of nitrogens with zero attached hydrogens (tertiary/aromatic N) is 3. The van der Waals surface area contributed by atoms with Crippen LogP contribution in [0.1, 0.15) is 70.8 Å². The number of rotatable bonds is 9. The molecule has 3 fully saturated rings. The van der Waals surface area contributed by atoms with E-state index in [1.54, 1.807) is 7.05 Å². The van der Waals surface area contributed by atoms with Crippen molar-refractivity contribution in [3.63, 3.8) is 0 Å². The minimum absolute atomic E-state index is 0.00531. The van der Waals surface area contributed by atoms with E-state index in [1.165, 1.54) is 24.8 Å². The molecule has 190 valence electrons. The van der Waals surface area contributed by atoms with Gasteiger partial charge in [0.1, 0.15) is 0 Å². The third-order valence-electron chi connectivity index (χ3n) is 8.99. The van der Waals surface area contributed by atoms with E-state index < -0.39 is 6.35 Å². The van der Waals surface area contributed by atoms with Gasteiger partial charge in [-0.3, -0.25) is 19.5 Å². The standard InChI is InChI=1S/C28H46N4O2/c1-22(2)19-30(4)28(24-11-6-5-7-12-24)16-14-27(15-17-28)21-31(18-13-25(33)29-3)26(34)32(27)20-23-9-8-10-23/h5-7,11-12,22-23,26,34H,8-10,13-21H2,1-4H3,(H,29,33)/t26?,27-,28+. The summed E-state index contributed by atoms with van der Waals surface area (Å²) in [6.07, 6.45) is 8.07. The first-order valence-electron chi connectivity index (χ1n) is 13.5. The fourth-order valence-electron chi connectivity index (χ4n) is 6.73. The molecule has 1 aromatic rings. The second kappa shape index (κ2) is 10.7. The van der Waals surface area contributed by atoms with Gasteiger partial charge in [0, 0.05) is 50.7 Å². The van der Waals surface area contributed by atoms with Crippen LogP contribution in [-0.2, 0) is 10.3 Å². The number of hydrogen-bond acceptors (Lipinski definition) is 5. The first-order valence-corrected chi connectivity index (χ1v) is 13.5. The van der Waals surface area contributed by atoms with Crippen LogP contribution in [0.2, 0.25) is 0 Å². The first kappa shape index (κ1) is 25.6. The number of carbonyl (C=O) groups excluding carboxylic acids is 1. The van der Waals surface area contributed by atoms with Crippen molar-refractivity contribution in [2.24, 2.45) is 11.8 Å². The van der Waals surface area contributed by atoms with E-state index >= 15 is 0 Å². The smallest absolute Gasteiger partial charge is 0.221 e. The molecule has 3 aliphatic rings. The van der Waals surface area contributed by atoms with Gasteiger partial charge in [-0.25, -0.2) is 0 Å². The summed E-state index contributed by atoms with van der Waals surface area (Å²) < 4.78 is 0. The van der Waals surface area contributed by atoms with Crippen molar-refractivity contribution in [1.82, 2.24) is 20.0 Å². The van der Waals surface area contributed by atoms with Crippen LogP contribution in [0, 0.1) is 11.8 Å². The summed E-state index contributed by atoms with van der Waals surface area (Å²) in [5, 5.41) is 14.1. The summed E-state index contributed by atoms with van der Waals surface area (Å²) in [6, 6.07) is 11.1. The molecule has 1 aromatic carbocycles. The molecule has 1 unspecified atom stereocenters. The van der Waals surface area contributed by atoms with E-state index in [0.717, 1.165) is 45.3 Å². The second-order valence-electron chi connectivity index (χ2n) is 11.6. The number of nitrogens with one attached hydrogen (secondary N) is 1. The average molecular weight is 471 g/mol. The lowest BCUT2D eigenvalue weighted by atomic mass is 9.67. The predicted octanol–water partition coefficient (Wildman–Crippen LogP) is 3.61. The Morgan fingerprint density at radius 2 is 1.85 bits per heavy atom. The Labute approximate surface area is 206 Å². The number of amides is 1. The molecule has 0 bridgehead atoms. The zero-order chi connectivity index (χ0) is 24.3. The zero-order valence-corrected chi connectivity index (χ0v) is 21.8. The van der Waals surface area contributed by atoms with Crippen molar-refractivity contribution in [3.8, 4) is 0 Å². The molecule has 1 aliphatic heterocycles. The van der Waals surface area contributed by atoms with Crippen LogP contribution in [0.4, 0.5) is 0 Å². The van der Waals surface area contributed by atoms with Gasteiger partial charge in [-0.05, 0) is 63.0 Å². The highest BCUT2D eigenvalue weighted by molar-refractivity contribution is 5.75. The average Bonchev–Trinajstić information content (AvgIpc) is 3.05. The summed E-state index contributed by atoms with van der Waals surface area (Å²) in [5.41, 5.74) is 1.46. The molecule has 4 rings (SSSR count). The highest BCUT2D eigenvalue weighted by Gasteiger charge is 2.55. The number of aliphatic hydroxyl groups is 1. The molecule has 2 N–H and O–H groups in total. The van der Waals surface area contributed by atoms with Crippen molar-refractivity contribution >= 4 is 5.91 Å². The van der Waals surface area contributed by atoms with Crippen LogP contribution in [-0.4, -0.2) is 77.9 Å². The number of hydrogen-bond donors (Lipinski definition) is 2. The third-order valence-corrected chi connectivity index (χ3v) is 8.99. The molecule has 2 aliphatic carbocycles. The number of aliphatic hydroxyl groups excluding tert-OH is 1. The Balaban J connectivity index is 1.56. The molecule has 6 heteroatoms. The lowest BCUT2D eigenvalue weighted by Crippen LogP contribution is -2.58. The lowest BCUT2D eigenvalue weighted by molar-refractivity contribution is -0.123. The molecule has 1 heterocycles. The van der Waals surface area contributed by atoms with Crippen LogP contribution in [0.3, 0.4) is 0 Å². The largest absolute Gasteiger partial charge is 0.365 e. The van der Waals surface area contributed by atoms with Gasteiger partial charge in [-0.1, -0.05) is 50.6 Å². The SMILES string of the molecule is CNC(=O)CCN1C[C@]2(CC[C@](c3ccccc3)(N(C)CC(C)C)CC2)N(CC2CCC2)C1O. The van der Waals surface area contributed by atoms with Crippen molar-refractivity contribution < 1.29 is 9.90 Å². The highest BCUT2D eigenvalue weighted by Crippen LogP contribution is 2.50. The van der Waals surface area contributed by atoms with Gasteiger partial charge in [0.25, 0.3) is 0 Å². The van der Waals surface area contributed by atoms with Gasteiger partial charge >= 0.3 is 0 Å². The van der Waals surface area contributed by atoms with E-state index in [2.05, 4.69) is 71.2 Å². The summed E-state index contributed by atoms with van der Waals surface area (Å²) >= 11 is 0. The Hall–Kier alpha value is -1.47. The molecular weight excluding hydrogens is 424 g/mol. The molecule has 1 amide bonds. The summed E-state index contributed by atoms with van der Waals surface area (Å²) in [5.74, 6) is 1.36. The second-order valence-corrected chi connectivity index (χ2v) is 11.6. The molecule has 2 saturated carbocycles. The maximum absolute atomic E-state index is 11.9. The molecule has 34 heavy (non-hydrogen) atoms. The predicted molar refractivity (Wildman–Crippen MR) is 137 cm³/mol. The monoisotopic (exact) mass is 470 g/mol.